The third-order valence-electron chi connectivity index (χ3n) is 5.71. The molecule has 2 aromatic heterocycles. The number of rotatable bonds is 7. The van der Waals surface area contributed by atoms with Crippen molar-refractivity contribution in [3.8, 4) is 11.1 Å². The van der Waals surface area contributed by atoms with Crippen LogP contribution in [0.1, 0.15) is 6.92 Å². The van der Waals surface area contributed by atoms with Gasteiger partial charge in [0.15, 0.2) is 11.4 Å². The zero-order valence-electron chi connectivity index (χ0n) is 18.5. The summed E-state index contributed by atoms with van der Waals surface area (Å²) in [5.74, 6) is -0.433. The van der Waals surface area contributed by atoms with E-state index in [1.807, 2.05) is 48.5 Å². The molecule has 10 heteroatoms. The summed E-state index contributed by atoms with van der Waals surface area (Å²) in [6, 6.07) is 17.4. The number of anilines is 3. The standard InChI is InChI=1S/C25H20BrN5O3S/c1-25(13-32,24(33)34)30-15-6-7-17-21(12-15)35-31-23(17)29-19-4-2-3-16(22(19)26)14-5-8-18-20(11-14)28-10-9-27-18/h2-12,30,32H,13H2,1H3,(H,29,31)(H,33,34). The minimum atomic E-state index is -1.47. The van der Waals surface area contributed by atoms with Crippen LogP contribution in [-0.2, 0) is 4.79 Å². The summed E-state index contributed by atoms with van der Waals surface area (Å²) in [5, 5.41) is 26.1. The van der Waals surface area contributed by atoms with E-state index in [0.717, 1.165) is 42.4 Å². The predicted octanol–water partition coefficient (Wildman–Crippen LogP) is 5.66. The monoisotopic (exact) mass is 549 g/mol. The Hall–Kier alpha value is -3.60. The third-order valence-corrected chi connectivity index (χ3v) is 7.38. The molecule has 0 radical (unpaired) electrons. The van der Waals surface area contributed by atoms with Crippen LogP contribution in [0, 0.1) is 0 Å². The topological polar surface area (TPSA) is 120 Å². The fraction of sp³-hybridized carbons (Fsp3) is 0.120. The average molecular weight is 550 g/mol. The highest BCUT2D eigenvalue weighted by Crippen LogP contribution is 2.38. The molecule has 0 amide bonds. The quantitative estimate of drug-likeness (QED) is 0.205. The summed E-state index contributed by atoms with van der Waals surface area (Å²) in [6.07, 6.45) is 3.36. The summed E-state index contributed by atoms with van der Waals surface area (Å²) in [5.41, 5.74) is 3.66. The van der Waals surface area contributed by atoms with E-state index in [9.17, 15) is 15.0 Å². The largest absolute Gasteiger partial charge is 0.479 e. The number of aliphatic hydroxyl groups is 1. The number of fused-ring (bicyclic) bond motifs is 2. The van der Waals surface area contributed by atoms with Crippen LogP contribution >= 0.6 is 27.5 Å². The Morgan fingerprint density at radius 1 is 1.09 bits per heavy atom. The average Bonchev–Trinajstić information content (AvgIpc) is 3.26. The molecule has 1 unspecified atom stereocenters. The predicted molar refractivity (Wildman–Crippen MR) is 142 cm³/mol. The molecular weight excluding hydrogens is 530 g/mol. The number of carboxylic acid groups (broad SMARTS) is 1. The lowest BCUT2D eigenvalue weighted by Gasteiger charge is -2.24. The molecule has 0 fully saturated rings. The molecule has 2 heterocycles. The van der Waals surface area contributed by atoms with Gasteiger partial charge in [0.1, 0.15) is 0 Å². The van der Waals surface area contributed by atoms with Crippen molar-refractivity contribution in [2.45, 2.75) is 12.5 Å². The number of aliphatic hydroxyl groups excluding tert-OH is 1. The number of carboxylic acids is 1. The molecule has 8 nitrogen and oxygen atoms in total. The zero-order chi connectivity index (χ0) is 24.6. The van der Waals surface area contributed by atoms with Crippen LogP contribution in [0.4, 0.5) is 17.2 Å². The van der Waals surface area contributed by atoms with Gasteiger partial charge in [-0.05, 0) is 81.9 Å². The first-order chi connectivity index (χ1) is 16.9. The maximum Gasteiger partial charge on any atom is 0.331 e. The molecule has 5 rings (SSSR count). The van der Waals surface area contributed by atoms with Gasteiger partial charge in [-0.2, -0.15) is 4.37 Å². The maximum atomic E-state index is 11.5. The van der Waals surface area contributed by atoms with E-state index in [0.29, 0.717) is 11.5 Å². The smallest absolute Gasteiger partial charge is 0.331 e. The summed E-state index contributed by atoms with van der Waals surface area (Å²) in [6.45, 7) is 0.899. The molecule has 1 atom stereocenters. The van der Waals surface area contributed by atoms with Crippen molar-refractivity contribution >= 4 is 71.7 Å². The second kappa shape index (κ2) is 9.21. The first kappa shape index (κ1) is 23.2. The number of aromatic nitrogens is 3. The highest BCUT2D eigenvalue weighted by atomic mass is 79.9. The van der Waals surface area contributed by atoms with Gasteiger partial charge >= 0.3 is 5.97 Å². The van der Waals surface area contributed by atoms with E-state index in [-0.39, 0.29) is 0 Å². The summed E-state index contributed by atoms with van der Waals surface area (Å²) in [4.78, 5) is 20.2. The molecule has 3 aromatic carbocycles. The summed E-state index contributed by atoms with van der Waals surface area (Å²) >= 11 is 5.05. The number of carbonyl (C=O) groups is 1. The zero-order valence-corrected chi connectivity index (χ0v) is 20.9. The van der Waals surface area contributed by atoms with Gasteiger partial charge < -0.3 is 20.8 Å². The fourth-order valence-corrected chi connectivity index (χ4v) is 5.06. The SMILES string of the molecule is CC(CO)(Nc1ccc2c(Nc3cccc(-c4ccc5nccnc5c4)c3Br)nsc2c1)C(=O)O. The van der Waals surface area contributed by atoms with Gasteiger partial charge in [-0.1, -0.05) is 18.2 Å². The molecule has 0 spiro atoms. The second-order valence-electron chi connectivity index (χ2n) is 8.21. The number of hydrogen-bond acceptors (Lipinski definition) is 8. The molecule has 0 saturated carbocycles. The molecule has 35 heavy (non-hydrogen) atoms. The first-order valence-electron chi connectivity index (χ1n) is 10.7. The molecule has 0 aliphatic heterocycles. The first-order valence-corrected chi connectivity index (χ1v) is 12.2. The molecule has 0 bridgehead atoms. The van der Waals surface area contributed by atoms with Crippen LogP contribution in [0.3, 0.4) is 0 Å². The molecule has 4 N–H and O–H groups in total. The van der Waals surface area contributed by atoms with Crippen LogP contribution in [0.15, 0.2) is 71.5 Å². The minimum Gasteiger partial charge on any atom is -0.479 e. The van der Waals surface area contributed by atoms with E-state index < -0.39 is 18.1 Å². The van der Waals surface area contributed by atoms with Crippen LogP contribution in [0.5, 0.6) is 0 Å². The van der Waals surface area contributed by atoms with Gasteiger partial charge in [-0.25, -0.2) is 4.79 Å². The van der Waals surface area contributed by atoms with Crippen molar-refractivity contribution in [3.63, 3.8) is 0 Å². The van der Waals surface area contributed by atoms with Crippen molar-refractivity contribution < 1.29 is 15.0 Å². The lowest BCUT2D eigenvalue weighted by atomic mass is 10.0. The van der Waals surface area contributed by atoms with Gasteiger partial charge in [0.25, 0.3) is 0 Å². The van der Waals surface area contributed by atoms with E-state index in [2.05, 4.69) is 40.9 Å². The van der Waals surface area contributed by atoms with E-state index in [1.165, 1.54) is 18.5 Å². The van der Waals surface area contributed by atoms with Crippen molar-refractivity contribution in [2.75, 3.05) is 17.2 Å². The van der Waals surface area contributed by atoms with Crippen molar-refractivity contribution in [1.82, 2.24) is 14.3 Å². The Kier molecular flexibility index (Phi) is 6.10. The van der Waals surface area contributed by atoms with E-state index in [1.54, 1.807) is 18.5 Å². The van der Waals surface area contributed by atoms with Crippen molar-refractivity contribution in [3.05, 3.63) is 71.5 Å². The van der Waals surface area contributed by atoms with Gasteiger partial charge in [0.2, 0.25) is 0 Å². The van der Waals surface area contributed by atoms with Gasteiger partial charge in [-0.15, -0.1) is 0 Å². The molecule has 176 valence electrons. The highest BCUT2D eigenvalue weighted by molar-refractivity contribution is 9.10. The Bertz CT molecular complexity index is 1570. The maximum absolute atomic E-state index is 11.5. The molecule has 0 saturated heterocycles. The molecular formula is C25H20BrN5O3S. The van der Waals surface area contributed by atoms with Gasteiger partial charge in [-0.3, -0.25) is 9.97 Å². The van der Waals surface area contributed by atoms with Crippen LogP contribution in [-0.4, -0.2) is 42.7 Å². The molecule has 0 aliphatic rings. The molecule has 5 aromatic rings. The van der Waals surface area contributed by atoms with Crippen molar-refractivity contribution in [1.29, 1.82) is 0 Å². The molecule has 0 aliphatic carbocycles. The lowest BCUT2D eigenvalue weighted by molar-refractivity contribution is -0.143. The van der Waals surface area contributed by atoms with Crippen LogP contribution < -0.4 is 10.6 Å². The van der Waals surface area contributed by atoms with Gasteiger partial charge in [0, 0.05) is 27.9 Å². The number of benzene rings is 3. The third kappa shape index (κ3) is 4.43. The Labute approximate surface area is 213 Å². The lowest BCUT2D eigenvalue weighted by Crippen LogP contribution is -2.46. The second-order valence-corrected chi connectivity index (χ2v) is 9.81. The summed E-state index contributed by atoms with van der Waals surface area (Å²) in [7, 11) is 0. The Balaban J connectivity index is 1.44. The summed E-state index contributed by atoms with van der Waals surface area (Å²) < 4.78 is 6.34. The van der Waals surface area contributed by atoms with E-state index >= 15 is 0 Å². The Morgan fingerprint density at radius 2 is 1.89 bits per heavy atom. The highest BCUT2D eigenvalue weighted by Gasteiger charge is 2.32. The number of hydrogen-bond donors (Lipinski definition) is 4. The van der Waals surface area contributed by atoms with Gasteiger partial charge in [0.05, 0.1) is 28.0 Å². The van der Waals surface area contributed by atoms with Crippen LogP contribution in [0.25, 0.3) is 32.2 Å². The number of nitrogens with zero attached hydrogens (tertiary/aromatic N) is 3. The van der Waals surface area contributed by atoms with E-state index in [4.69, 9.17) is 0 Å². The van der Waals surface area contributed by atoms with Crippen molar-refractivity contribution in [2.24, 2.45) is 0 Å². The number of halogens is 1. The Morgan fingerprint density at radius 3 is 2.66 bits per heavy atom. The normalized spacial score (nSPS) is 13.0. The fourth-order valence-electron chi connectivity index (χ4n) is 3.69. The minimum absolute atomic E-state index is 0.538. The number of nitrogens with one attached hydrogen (secondary N) is 2. The van der Waals surface area contributed by atoms with Crippen LogP contribution in [0.2, 0.25) is 0 Å². The number of aliphatic carboxylic acids is 1.